The van der Waals surface area contributed by atoms with Crippen LogP contribution in [0.5, 0.6) is 0 Å². The van der Waals surface area contributed by atoms with Gasteiger partial charge in [0, 0.05) is 5.92 Å². The van der Waals surface area contributed by atoms with Crippen LogP contribution in [0, 0.1) is 5.92 Å². The number of ether oxygens (including phenoxy) is 5. The zero-order valence-electron chi connectivity index (χ0n) is 11.6. The van der Waals surface area contributed by atoms with Crippen LogP contribution in [0.3, 0.4) is 0 Å². The minimum Gasteiger partial charge on any atom is -0.348 e. The summed E-state index contributed by atoms with van der Waals surface area (Å²) in [7, 11) is 0. The topological polar surface area (TPSA) is 46.2 Å². The molecule has 5 heteroatoms. The van der Waals surface area contributed by atoms with E-state index in [1.807, 2.05) is 27.7 Å². The van der Waals surface area contributed by atoms with E-state index in [1.54, 1.807) is 0 Å². The van der Waals surface area contributed by atoms with Gasteiger partial charge in [-0.25, -0.2) is 0 Å². The van der Waals surface area contributed by atoms with Crippen LogP contribution in [0.2, 0.25) is 0 Å². The van der Waals surface area contributed by atoms with Gasteiger partial charge in [-0.15, -0.1) is 0 Å². The Bertz CT molecular complexity index is 340. The molecule has 5 atom stereocenters. The smallest absolute Gasteiger partial charge is 0.187 e. The van der Waals surface area contributed by atoms with Crippen molar-refractivity contribution in [3.63, 3.8) is 0 Å². The van der Waals surface area contributed by atoms with E-state index < -0.39 is 11.6 Å². The van der Waals surface area contributed by atoms with Gasteiger partial charge in [0.25, 0.3) is 0 Å². The summed E-state index contributed by atoms with van der Waals surface area (Å²) in [4.78, 5) is 0. The highest BCUT2D eigenvalue weighted by Crippen LogP contribution is 2.43. The first-order valence-electron chi connectivity index (χ1n) is 6.60. The van der Waals surface area contributed by atoms with Crippen molar-refractivity contribution in [1.29, 1.82) is 0 Å². The largest absolute Gasteiger partial charge is 0.348 e. The second-order valence-corrected chi connectivity index (χ2v) is 6.30. The fraction of sp³-hybridized carbons (Fsp3) is 1.00. The lowest BCUT2D eigenvalue weighted by Crippen LogP contribution is -2.37. The first kappa shape index (κ1) is 12.8. The SMILES string of the molecule is CC1[C@H]2OC(C)(C)O[C@H]2O[C@@H]1[C@H]1COC(C)(C)O1. The van der Waals surface area contributed by atoms with Crippen LogP contribution in [0.15, 0.2) is 0 Å². The molecule has 3 aliphatic rings. The Balaban J connectivity index is 1.68. The lowest BCUT2D eigenvalue weighted by atomic mass is 9.97. The zero-order chi connectivity index (χ0) is 13.1. The van der Waals surface area contributed by atoms with Gasteiger partial charge in [-0.3, -0.25) is 0 Å². The van der Waals surface area contributed by atoms with Crippen LogP contribution in [0.4, 0.5) is 0 Å². The van der Waals surface area contributed by atoms with Crippen LogP contribution >= 0.6 is 0 Å². The van der Waals surface area contributed by atoms with Gasteiger partial charge in [0.2, 0.25) is 0 Å². The molecule has 0 aromatic carbocycles. The molecular formula is C13H22O5. The average molecular weight is 258 g/mol. The first-order valence-corrected chi connectivity index (χ1v) is 6.60. The van der Waals surface area contributed by atoms with Gasteiger partial charge in [-0.2, -0.15) is 0 Å². The maximum Gasteiger partial charge on any atom is 0.187 e. The first-order chi connectivity index (χ1) is 8.27. The Morgan fingerprint density at radius 2 is 1.61 bits per heavy atom. The zero-order valence-corrected chi connectivity index (χ0v) is 11.6. The van der Waals surface area contributed by atoms with Gasteiger partial charge >= 0.3 is 0 Å². The van der Waals surface area contributed by atoms with Crippen molar-refractivity contribution in [2.24, 2.45) is 5.92 Å². The van der Waals surface area contributed by atoms with Gasteiger partial charge in [0.15, 0.2) is 17.9 Å². The Labute approximate surface area is 108 Å². The van der Waals surface area contributed by atoms with Crippen LogP contribution in [-0.2, 0) is 23.7 Å². The summed E-state index contributed by atoms with van der Waals surface area (Å²) in [5, 5.41) is 0. The normalized spacial score (nSPS) is 49.5. The van der Waals surface area contributed by atoms with Crippen molar-refractivity contribution in [2.45, 2.75) is 70.8 Å². The molecule has 3 fully saturated rings. The minimum atomic E-state index is -0.555. The highest BCUT2D eigenvalue weighted by atomic mass is 16.8. The number of hydrogen-bond donors (Lipinski definition) is 0. The monoisotopic (exact) mass is 258 g/mol. The van der Waals surface area contributed by atoms with Gasteiger partial charge in [0.1, 0.15) is 12.2 Å². The predicted octanol–water partition coefficient (Wildman–Crippen LogP) is 1.65. The van der Waals surface area contributed by atoms with E-state index in [2.05, 4.69) is 6.92 Å². The lowest BCUT2D eigenvalue weighted by Gasteiger charge is -2.27. The quantitative estimate of drug-likeness (QED) is 0.715. The molecule has 3 aliphatic heterocycles. The minimum absolute atomic E-state index is 0.0164. The summed E-state index contributed by atoms with van der Waals surface area (Å²) in [6.45, 7) is 10.3. The lowest BCUT2D eigenvalue weighted by molar-refractivity contribution is -0.226. The Morgan fingerprint density at radius 3 is 2.17 bits per heavy atom. The van der Waals surface area contributed by atoms with E-state index in [4.69, 9.17) is 23.7 Å². The summed E-state index contributed by atoms with van der Waals surface area (Å²) < 4.78 is 29.0. The molecule has 3 heterocycles. The van der Waals surface area contributed by atoms with Crippen LogP contribution in [-0.4, -0.2) is 42.8 Å². The molecule has 1 unspecified atom stereocenters. The predicted molar refractivity (Wildman–Crippen MR) is 62.8 cm³/mol. The van der Waals surface area contributed by atoms with Crippen molar-refractivity contribution < 1.29 is 23.7 Å². The number of fused-ring (bicyclic) bond motifs is 1. The summed E-state index contributed by atoms with van der Waals surface area (Å²) >= 11 is 0. The fourth-order valence-corrected chi connectivity index (χ4v) is 2.99. The molecule has 0 N–H and O–H groups in total. The van der Waals surface area contributed by atoms with Crippen LogP contribution in [0.25, 0.3) is 0 Å². The van der Waals surface area contributed by atoms with Gasteiger partial charge in [-0.1, -0.05) is 6.92 Å². The highest BCUT2D eigenvalue weighted by Gasteiger charge is 2.56. The van der Waals surface area contributed by atoms with E-state index >= 15 is 0 Å². The molecule has 0 aliphatic carbocycles. The van der Waals surface area contributed by atoms with E-state index in [9.17, 15) is 0 Å². The molecule has 0 amide bonds. The molecule has 3 saturated heterocycles. The summed E-state index contributed by atoms with van der Waals surface area (Å²) in [5.41, 5.74) is 0. The van der Waals surface area contributed by atoms with Gasteiger partial charge < -0.3 is 23.7 Å². The third kappa shape index (κ3) is 2.08. The maximum absolute atomic E-state index is 5.96. The second-order valence-electron chi connectivity index (χ2n) is 6.30. The Kier molecular flexibility index (Phi) is 2.78. The second kappa shape index (κ2) is 3.90. The van der Waals surface area contributed by atoms with Crippen molar-refractivity contribution in [1.82, 2.24) is 0 Å². The molecule has 5 nitrogen and oxygen atoms in total. The Morgan fingerprint density at radius 1 is 0.889 bits per heavy atom. The Hall–Kier alpha value is -0.200. The fourth-order valence-electron chi connectivity index (χ4n) is 2.99. The maximum atomic E-state index is 5.96. The van der Waals surface area contributed by atoms with E-state index in [1.165, 1.54) is 0 Å². The van der Waals surface area contributed by atoms with Crippen molar-refractivity contribution in [3.8, 4) is 0 Å². The molecule has 3 rings (SSSR count). The molecule has 0 aromatic heterocycles. The van der Waals surface area contributed by atoms with Crippen molar-refractivity contribution in [3.05, 3.63) is 0 Å². The molecule has 0 saturated carbocycles. The molecule has 104 valence electrons. The number of hydrogen-bond acceptors (Lipinski definition) is 5. The summed E-state index contributed by atoms with van der Waals surface area (Å²) in [6.07, 6.45) is -0.376. The van der Waals surface area contributed by atoms with E-state index in [0.717, 1.165) is 0 Å². The molecule has 18 heavy (non-hydrogen) atoms. The number of rotatable bonds is 1. The summed E-state index contributed by atoms with van der Waals surface area (Å²) in [5.74, 6) is -0.841. The third-order valence-corrected chi connectivity index (χ3v) is 3.81. The standard InChI is InChI=1S/C13H22O5/c1-7-9(8-6-14-12(2,3)16-8)15-11-10(7)17-13(4,5)18-11/h7-11H,6H2,1-5H3/t7?,8-,9+,10-,11-/m1/s1. The molecule has 0 radical (unpaired) electrons. The molecule has 0 aromatic rings. The molecule has 0 bridgehead atoms. The summed E-state index contributed by atoms with van der Waals surface area (Å²) in [6, 6.07) is 0. The van der Waals surface area contributed by atoms with Gasteiger partial charge in [0.05, 0.1) is 12.7 Å². The van der Waals surface area contributed by atoms with Crippen LogP contribution < -0.4 is 0 Å². The molecule has 0 spiro atoms. The molecular weight excluding hydrogens is 236 g/mol. The van der Waals surface area contributed by atoms with Crippen molar-refractivity contribution >= 4 is 0 Å². The van der Waals surface area contributed by atoms with E-state index in [0.29, 0.717) is 6.61 Å². The van der Waals surface area contributed by atoms with Crippen LogP contribution in [0.1, 0.15) is 34.6 Å². The van der Waals surface area contributed by atoms with E-state index in [-0.39, 0.29) is 30.5 Å². The third-order valence-electron chi connectivity index (χ3n) is 3.81. The van der Waals surface area contributed by atoms with Crippen molar-refractivity contribution in [2.75, 3.05) is 6.61 Å². The van der Waals surface area contributed by atoms with Gasteiger partial charge in [-0.05, 0) is 27.7 Å². The average Bonchev–Trinajstić information content (AvgIpc) is 2.81. The highest BCUT2D eigenvalue weighted by molar-refractivity contribution is 4.95.